The van der Waals surface area contributed by atoms with E-state index in [1.54, 1.807) is 20.8 Å². The van der Waals surface area contributed by atoms with Gasteiger partial charge in [0.1, 0.15) is 5.60 Å². The normalized spacial score (nSPS) is 12.4. The molecule has 17 heavy (non-hydrogen) atoms. The highest BCUT2D eigenvalue weighted by Crippen LogP contribution is 2.08. The van der Waals surface area contributed by atoms with E-state index in [1.807, 2.05) is 6.92 Å². The molecular weight excluding hydrogens is 218 g/mol. The lowest BCUT2D eigenvalue weighted by atomic mass is 10.1. The summed E-state index contributed by atoms with van der Waals surface area (Å²) in [5.41, 5.74) is -0.517. The zero-order valence-corrected chi connectivity index (χ0v) is 11.0. The van der Waals surface area contributed by atoms with Crippen molar-refractivity contribution in [2.75, 3.05) is 0 Å². The number of amides is 1. The Morgan fingerprint density at radius 2 is 2.00 bits per heavy atom. The molecule has 1 amide bonds. The van der Waals surface area contributed by atoms with Crippen LogP contribution in [0.25, 0.3) is 0 Å². The number of rotatable bonds is 5. The highest BCUT2D eigenvalue weighted by atomic mass is 16.6. The third-order valence-corrected chi connectivity index (χ3v) is 2.09. The number of terminal acetylenes is 1. The van der Waals surface area contributed by atoms with E-state index in [1.165, 1.54) is 0 Å². The van der Waals surface area contributed by atoms with Gasteiger partial charge in [-0.15, -0.1) is 6.42 Å². The van der Waals surface area contributed by atoms with E-state index >= 15 is 0 Å². The van der Waals surface area contributed by atoms with Crippen LogP contribution in [0, 0.1) is 12.3 Å². The van der Waals surface area contributed by atoms with Crippen molar-refractivity contribution in [2.45, 2.75) is 58.6 Å². The first-order chi connectivity index (χ1) is 7.78. The van der Waals surface area contributed by atoms with E-state index in [-0.39, 0.29) is 18.2 Å². The van der Waals surface area contributed by atoms with Crippen molar-refractivity contribution in [2.24, 2.45) is 0 Å². The average Bonchev–Trinajstić information content (AvgIpc) is 2.20. The second-order valence-electron chi connectivity index (χ2n) is 4.86. The third kappa shape index (κ3) is 8.32. The Kier molecular flexibility index (Phi) is 6.34. The number of Topliss-reactive ketones (excluding diaryl/α,β-unsaturated/α-hetero) is 1. The number of alkyl carbamates (subject to hydrolysis) is 1. The standard InChI is InChI=1S/C13H21NO3/c1-6-10(8-9-11(15)7-2)14-12(16)17-13(3,4)5/h2,10H,6,8-9H2,1,3-5H3,(H,14,16). The number of hydrogen-bond acceptors (Lipinski definition) is 3. The minimum Gasteiger partial charge on any atom is -0.444 e. The fourth-order valence-corrected chi connectivity index (χ4v) is 1.23. The fourth-order valence-electron chi connectivity index (χ4n) is 1.23. The number of hydrogen-bond donors (Lipinski definition) is 1. The lowest BCUT2D eigenvalue weighted by Gasteiger charge is -2.22. The van der Waals surface area contributed by atoms with E-state index in [9.17, 15) is 9.59 Å². The average molecular weight is 239 g/mol. The minimum atomic E-state index is -0.517. The first-order valence-corrected chi connectivity index (χ1v) is 5.77. The van der Waals surface area contributed by atoms with Crippen LogP contribution in [0.3, 0.4) is 0 Å². The van der Waals surface area contributed by atoms with Crippen molar-refractivity contribution >= 4 is 11.9 Å². The molecule has 1 N–H and O–H groups in total. The van der Waals surface area contributed by atoms with Gasteiger partial charge in [0.15, 0.2) is 0 Å². The predicted octanol–water partition coefficient (Wildman–Crippen LogP) is 2.27. The predicted molar refractivity (Wildman–Crippen MR) is 66.5 cm³/mol. The molecule has 0 aliphatic carbocycles. The summed E-state index contributed by atoms with van der Waals surface area (Å²) < 4.78 is 5.13. The number of ether oxygens (including phenoxy) is 1. The summed E-state index contributed by atoms with van der Waals surface area (Å²) in [6, 6.07) is -0.0813. The van der Waals surface area contributed by atoms with Crippen LogP contribution in [0.4, 0.5) is 4.79 Å². The summed E-state index contributed by atoms with van der Waals surface area (Å²) >= 11 is 0. The van der Waals surface area contributed by atoms with Crippen molar-refractivity contribution in [1.82, 2.24) is 5.32 Å². The SMILES string of the molecule is C#CC(=O)CCC(CC)NC(=O)OC(C)(C)C. The summed E-state index contributed by atoms with van der Waals surface area (Å²) in [5, 5.41) is 2.72. The Labute approximate surface area is 103 Å². The highest BCUT2D eigenvalue weighted by molar-refractivity contribution is 5.94. The largest absolute Gasteiger partial charge is 0.444 e. The van der Waals surface area contributed by atoms with Gasteiger partial charge in [-0.2, -0.15) is 0 Å². The summed E-state index contributed by atoms with van der Waals surface area (Å²) in [4.78, 5) is 22.5. The van der Waals surface area contributed by atoms with Gasteiger partial charge in [-0.3, -0.25) is 4.79 Å². The third-order valence-electron chi connectivity index (χ3n) is 2.09. The molecule has 0 saturated carbocycles. The molecule has 1 atom stereocenters. The van der Waals surface area contributed by atoms with Crippen LogP contribution >= 0.6 is 0 Å². The van der Waals surface area contributed by atoms with Crippen molar-refractivity contribution in [3.63, 3.8) is 0 Å². The Morgan fingerprint density at radius 3 is 2.41 bits per heavy atom. The van der Waals surface area contributed by atoms with E-state index in [0.29, 0.717) is 6.42 Å². The molecule has 0 aromatic rings. The number of carbonyl (C=O) groups is 2. The van der Waals surface area contributed by atoms with Crippen molar-refractivity contribution < 1.29 is 14.3 Å². The molecule has 0 aromatic carbocycles. The van der Waals surface area contributed by atoms with Crippen molar-refractivity contribution in [1.29, 1.82) is 0 Å². The molecule has 0 radical (unpaired) electrons. The Balaban J connectivity index is 4.09. The van der Waals surface area contributed by atoms with Crippen LogP contribution in [0.1, 0.15) is 47.0 Å². The van der Waals surface area contributed by atoms with Crippen LogP contribution in [-0.2, 0) is 9.53 Å². The van der Waals surface area contributed by atoms with Gasteiger partial charge < -0.3 is 10.1 Å². The second-order valence-corrected chi connectivity index (χ2v) is 4.86. The van der Waals surface area contributed by atoms with Crippen LogP contribution in [0.15, 0.2) is 0 Å². The summed E-state index contributed by atoms with van der Waals surface area (Å²) in [6.07, 6.45) is 6.07. The molecule has 4 nitrogen and oxygen atoms in total. The molecule has 0 aliphatic rings. The van der Waals surface area contributed by atoms with Gasteiger partial charge in [-0.1, -0.05) is 6.92 Å². The molecule has 0 fully saturated rings. The van der Waals surface area contributed by atoms with Gasteiger partial charge in [0.2, 0.25) is 5.78 Å². The molecule has 0 heterocycles. The van der Waals surface area contributed by atoms with E-state index in [2.05, 4.69) is 11.2 Å². The van der Waals surface area contributed by atoms with Crippen LogP contribution in [0.5, 0.6) is 0 Å². The zero-order valence-electron chi connectivity index (χ0n) is 11.0. The lowest BCUT2D eigenvalue weighted by molar-refractivity contribution is -0.114. The summed E-state index contributed by atoms with van der Waals surface area (Å²) in [7, 11) is 0. The first kappa shape index (κ1) is 15.5. The molecule has 0 saturated heterocycles. The van der Waals surface area contributed by atoms with Crippen molar-refractivity contribution in [3.05, 3.63) is 0 Å². The Hall–Kier alpha value is -1.50. The smallest absolute Gasteiger partial charge is 0.407 e. The monoisotopic (exact) mass is 239 g/mol. The van der Waals surface area contributed by atoms with Crippen LogP contribution in [-0.4, -0.2) is 23.5 Å². The van der Waals surface area contributed by atoms with Gasteiger partial charge >= 0.3 is 6.09 Å². The number of nitrogens with one attached hydrogen (secondary N) is 1. The lowest BCUT2D eigenvalue weighted by Crippen LogP contribution is -2.39. The Morgan fingerprint density at radius 1 is 1.41 bits per heavy atom. The highest BCUT2D eigenvalue weighted by Gasteiger charge is 2.18. The van der Waals surface area contributed by atoms with Crippen LogP contribution in [0.2, 0.25) is 0 Å². The molecule has 0 aromatic heterocycles. The maximum absolute atomic E-state index is 11.5. The van der Waals surface area contributed by atoms with Crippen LogP contribution < -0.4 is 5.32 Å². The fraction of sp³-hybridized carbons (Fsp3) is 0.692. The quantitative estimate of drug-likeness (QED) is 0.591. The second kappa shape index (κ2) is 6.95. The van der Waals surface area contributed by atoms with Gasteiger partial charge in [0.05, 0.1) is 0 Å². The molecule has 0 bridgehead atoms. The van der Waals surface area contributed by atoms with E-state index < -0.39 is 11.7 Å². The van der Waals surface area contributed by atoms with Crippen molar-refractivity contribution in [3.8, 4) is 12.3 Å². The topological polar surface area (TPSA) is 55.4 Å². The zero-order chi connectivity index (χ0) is 13.5. The molecule has 96 valence electrons. The molecule has 0 rings (SSSR count). The molecule has 4 heteroatoms. The minimum absolute atomic E-state index is 0.0813. The number of carbonyl (C=O) groups excluding carboxylic acids is 2. The van der Waals surface area contributed by atoms with Gasteiger partial charge in [0, 0.05) is 12.5 Å². The molecule has 0 aliphatic heterocycles. The van der Waals surface area contributed by atoms with E-state index in [0.717, 1.165) is 6.42 Å². The van der Waals surface area contributed by atoms with Gasteiger partial charge in [0.25, 0.3) is 0 Å². The Bertz CT molecular complexity index is 310. The molecular formula is C13H21NO3. The number of ketones is 1. The maximum Gasteiger partial charge on any atom is 0.407 e. The summed E-state index contributed by atoms with van der Waals surface area (Å²) in [5.74, 6) is 1.81. The van der Waals surface area contributed by atoms with Gasteiger partial charge in [-0.05, 0) is 39.5 Å². The van der Waals surface area contributed by atoms with E-state index in [4.69, 9.17) is 11.2 Å². The van der Waals surface area contributed by atoms with Gasteiger partial charge in [-0.25, -0.2) is 4.79 Å². The molecule has 0 spiro atoms. The summed E-state index contributed by atoms with van der Waals surface area (Å²) in [6.45, 7) is 7.34. The molecule has 1 unspecified atom stereocenters. The first-order valence-electron chi connectivity index (χ1n) is 5.77. The maximum atomic E-state index is 11.5.